The lowest BCUT2D eigenvalue weighted by Crippen LogP contribution is -2.43. The van der Waals surface area contributed by atoms with Crippen molar-refractivity contribution in [3.8, 4) is 5.75 Å². The van der Waals surface area contributed by atoms with E-state index < -0.39 is 0 Å². The third kappa shape index (κ3) is 4.61. The average Bonchev–Trinajstić information content (AvgIpc) is 3.08. The van der Waals surface area contributed by atoms with Crippen LogP contribution in [0.2, 0.25) is 0 Å². The number of urea groups is 1. The lowest BCUT2D eigenvalue weighted by Gasteiger charge is -2.25. The molecule has 0 aliphatic carbocycles. The number of nitrogens with zero attached hydrogens (tertiary/aromatic N) is 3. The van der Waals surface area contributed by atoms with Gasteiger partial charge in [0, 0.05) is 31.9 Å². The maximum atomic E-state index is 12.8. The number of hydrogen-bond donors (Lipinski definition) is 1. The number of ether oxygens (including phenoxy) is 1. The van der Waals surface area contributed by atoms with Crippen molar-refractivity contribution in [1.29, 1.82) is 0 Å². The molecule has 28 heavy (non-hydrogen) atoms. The van der Waals surface area contributed by atoms with Gasteiger partial charge in [0.25, 0.3) is 0 Å². The molecule has 7 nitrogen and oxygen atoms in total. The highest BCUT2D eigenvalue weighted by molar-refractivity contribution is 5.96. The van der Waals surface area contributed by atoms with Gasteiger partial charge in [-0.05, 0) is 29.8 Å². The van der Waals surface area contributed by atoms with E-state index in [4.69, 9.17) is 4.74 Å². The lowest BCUT2D eigenvalue weighted by molar-refractivity contribution is -0.132. The van der Waals surface area contributed by atoms with Crippen LogP contribution in [0.4, 0.5) is 10.5 Å². The van der Waals surface area contributed by atoms with E-state index in [0.29, 0.717) is 19.6 Å². The minimum Gasteiger partial charge on any atom is -0.497 e. The van der Waals surface area contributed by atoms with Gasteiger partial charge in [0.05, 0.1) is 13.7 Å². The van der Waals surface area contributed by atoms with Crippen molar-refractivity contribution < 1.29 is 19.4 Å². The number of methoxy groups -OCH3 is 1. The Morgan fingerprint density at radius 1 is 1.11 bits per heavy atom. The molecule has 1 heterocycles. The number of carbonyl (C=O) groups is 2. The van der Waals surface area contributed by atoms with E-state index in [9.17, 15) is 14.7 Å². The number of rotatable bonds is 8. The predicted molar refractivity (Wildman–Crippen MR) is 106 cm³/mol. The van der Waals surface area contributed by atoms with Crippen LogP contribution in [-0.4, -0.2) is 66.7 Å². The van der Waals surface area contributed by atoms with E-state index in [1.54, 1.807) is 33.9 Å². The van der Waals surface area contributed by atoms with E-state index in [-0.39, 0.29) is 31.6 Å². The smallest absolute Gasteiger partial charge is 0.325 e. The van der Waals surface area contributed by atoms with E-state index in [1.165, 1.54) is 0 Å². The highest BCUT2D eigenvalue weighted by atomic mass is 16.5. The number of aliphatic hydroxyl groups is 1. The molecule has 3 rings (SSSR count). The van der Waals surface area contributed by atoms with Gasteiger partial charge in [-0.15, -0.1) is 0 Å². The summed E-state index contributed by atoms with van der Waals surface area (Å²) in [5, 5.41) is 9.32. The summed E-state index contributed by atoms with van der Waals surface area (Å²) < 4.78 is 5.15. The number of aliphatic hydroxyl groups excluding tert-OH is 1. The summed E-state index contributed by atoms with van der Waals surface area (Å²) in [4.78, 5) is 30.3. The third-order valence-electron chi connectivity index (χ3n) is 4.74. The highest BCUT2D eigenvalue weighted by Crippen LogP contribution is 2.23. The van der Waals surface area contributed by atoms with Crippen LogP contribution in [0, 0.1) is 0 Å². The van der Waals surface area contributed by atoms with Crippen molar-refractivity contribution in [3.63, 3.8) is 0 Å². The van der Waals surface area contributed by atoms with Gasteiger partial charge < -0.3 is 19.6 Å². The fourth-order valence-electron chi connectivity index (χ4n) is 3.21. The first kappa shape index (κ1) is 19.7. The second-order valence-electron chi connectivity index (χ2n) is 6.58. The second kappa shape index (κ2) is 9.23. The number of anilines is 1. The predicted octanol–water partition coefficient (Wildman–Crippen LogP) is 1.96. The number of amides is 3. The molecule has 2 aromatic carbocycles. The van der Waals surface area contributed by atoms with Crippen LogP contribution in [-0.2, 0) is 11.3 Å². The van der Waals surface area contributed by atoms with Crippen molar-refractivity contribution in [2.75, 3.05) is 44.8 Å². The van der Waals surface area contributed by atoms with E-state index in [0.717, 1.165) is 17.0 Å². The molecule has 7 heteroatoms. The van der Waals surface area contributed by atoms with Crippen molar-refractivity contribution >= 4 is 17.6 Å². The molecule has 1 N–H and O–H groups in total. The maximum Gasteiger partial charge on any atom is 0.325 e. The largest absolute Gasteiger partial charge is 0.497 e. The van der Waals surface area contributed by atoms with Crippen LogP contribution in [0.5, 0.6) is 5.75 Å². The highest BCUT2D eigenvalue weighted by Gasteiger charge is 2.31. The van der Waals surface area contributed by atoms with Gasteiger partial charge in [0.1, 0.15) is 12.3 Å². The number of benzene rings is 2. The first-order valence-corrected chi connectivity index (χ1v) is 9.25. The third-order valence-corrected chi connectivity index (χ3v) is 4.74. The van der Waals surface area contributed by atoms with Crippen LogP contribution in [0.25, 0.3) is 0 Å². The Morgan fingerprint density at radius 3 is 2.46 bits per heavy atom. The molecule has 0 saturated carbocycles. The molecule has 0 aromatic heterocycles. The minimum absolute atomic E-state index is 0.00167. The van der Waals surface area contributed by atoms with Crippen LogP contribution in [0.3, 0.4) is 0 Å². The molecule has 1 fully saturated rings. The molecule has 1 aliphatic rings. The SMILES string of the molecule is COc1ccc(N2CCN(CC(=O)N(CCO)Cc3ccccc3)C2=O)cc1. The molecule has 1 aliphatic heterocycles. The van der Waals surface area contributed by atoms with Gasteiger partial charge in [0.15, 0.2) is 0 Å². The average molecular weight is 383 g/mol. The van der Waals surface area contributed by atoms with E-state index in [2.05, 4.69) is 0 Å². The van der Waals surface area contributed by atoms with Gasteiger partial charge >= 0.3 is 6.03 Å². The van der Waals surface area contributed by atoms with Crippen LogP contribution in [0.15, 0.2) is 54.6 Å². The minimum atomic E-state index is -0.192. The molecular formula is C21H25N3O4. The molecule has 0 radical (unpaired) electrons. The summed E-state index contributed by atoms with van der Waals surface area (Å²) in [6, 6.07) is 16.7. The Labute approximate surface area is 164 Å². The van der Waals surface area contributed by atoms with Crippen molar-refractivity contribution in [3.05, 3.63) is 60.2 Å². The molecule has 1 saturated heterocycles. The Balaban J connectivity index is 1.63. The fraction of sp³-hybridized carbons (Fsp3) is 0.333. The van der Waals surface area contributed by atoms with E-state index >= 15 is 0 Å². The summed E-state index contributed by atoms with van der Waals surface area (Å²) in [6.07, 6.45) is 0. The van der Waals surface area contributed by atoms with Gasteiger partial charge in [-0.25, -0.2) is 4.79 Å². The van der Waals surface area contributed by atoms with Gasteiger partial charge in [-0.3, -0.25) is 9.69 Å². The van der Waals surface area contributed by atoms with Gasteiger partial charge in [0.2, 0.25) is 5.91 Å². The van der Waals surface area contributed by atoms with Crippen LogP contribution < -0.4 is 9.64 Å². The van der Waals surface area contributed by atoms with Crippen LogP contribution in [0.1, 0.15) is 5.56 Å². The van der Waals surface area contributed by atoms with Gasteiger partial charge in [-0.1, -0.05) is 30.3 Å². The molecule has 0 atom stereocenters. The molecule has 0 bridgehead atoms. The Morgan fingerprint density at radius 2 is 1.82 bits per heavy atom. The van der Waals surface area contributed by atoms with Crippen molar-refractivity contribution in [2.24, 2.45) is 0 Å². The molecule has 0 unspecified atom stereocenters. The normalized spacial score (nSPS) is 13.7. The zero-order chi connectivity index (χ0) is 19.9. The number of hydrogen-bond acceptors (Lipinski definition) is 4. The Kier molecular flexibility index (Phi) is 6.49. The fourth-order valence-corrected chi connectivity index (χ4v) is 3.21. The molecular weight excluding hydrogens is 358 g/mol. The molecule has 3 amide bonds. The summed E-state index contributed by atoms with van der Waals surface area (Å²) >= 11 is 0. The first-order chi connectivity index (χ1) is 13.6. The van der Waals surface area contributed by atoms with E-state index in [1.807, 2.05) is 42.5 Å². The summed E-state index contributed by atoms with van der Waals surface area (Å²) in [5.74, 6) is 0.547. The number of carbonyl (C=O) groups excluding carboxylic acids is 2. The molecule has 148 valence electrons. The lowest BCUT2D eigenvalue weighted by atomic mass is 10.2. The molecule has 2 aromatic rings. The first-order valence-electron chi connectivity index (χ1n) is 9.25. The monoisotopic (exact) mass is 383 g/mol. The van der Waals surface area contributed by atoms with Crippen molar-refractivity contribution in [1.82, 2.24) is 9.80 Å². The maximum absolute atomic E-state index is 12.8. The summed E-state index contributed by atoms with van der Waals surface area (Å²) in [6.45, 7) is 1.53. The van der Waals surface area contributed by atoms with Crippen LogP contribution >= 0.6 is 0 Å². The second-order valence-corrected chi connectivity index (χ2v) is 6.58. The molecule has 0 spiro atoms. The van der Waals surface area contributed by atoms with Crippen molar-refractivity contribution in [2.45, 2.75) is 6.54 Å². The quantitative estimate of drug-likeness (QED) is 0.756. The Hall–Kier alpha value is -3.06. The standard InChI is InChI=1S/C21H25N3O4/c1-28-19-9-7-18(8-10-19)24-12-11-23(21(24)27)16-20(26)22(13-14-25)15-17-5-3-2-4-6-17/h2-10,25H,11-16H2,1H3. The zero-order valence-corrected chi connectivity index (χ0v) is 16.0. The zero-order valence-electron chi connectivity index (χ0n) is 16.0. The summed E-state index contributed by atoms with van der Waals surface area (Å²) in [5.41, 5.74) is 1.76. The summed E-state index contributed by atoms with van der Waals surface area (Å²) in [7, 11) is 1.59. The topological polar surface area (TPSA) is 73.3 Å². The Bertz CT molecular complexity index is 795. The van der Waals surface area contributed by atoms with Gasteiger partial charge in [-0.2, -0.15) is 0 Å².